The standard InChI is InChI=1S/C13H13ClN2O2/c1-8-12(14)9(2)16(15-8)11-6-4-10(5-7-11)13(17)18-3/h4-7H,1-3H3. The van der Waals surface area contributed by atoms with E-state index < -0.39 is 0 Å². The molecule has 5 heteroatoms. The Morgan fingerprint density at radius 2 is 1.89 bits per heavy atom. The number of aryl methyl sites for hydroxylation is 1. The highest BCUT2D eigenvalue weighted by Gasteiger charge is 2.11. The van der Waals surface area contributed by atoms with Gasteiger partial charge in [0.25, 0.3) is 0 Å². The molecule has 2 rings (SSSR count). The molecule has 1 heterocycles. The summed E-state index contributed by atoms with van der Waals surface area (Å²) in [5, 5.41) is 5.00. The van der Waals surface area contributed by atoms with Crippen molar-refractivity contribution in [3.05, 3.63) is 46.2 Å². The number of halogens is 1. The third-order valence-corrected chi connectivity index (χ3v) is 3.28. The second-order valence-electron chi connectivity index (χ2n) is 3.94. The number of nitrogens with zero attached hydrogens (tertiary/aromatic N) is 2. The number of esters is 1. The van der Waals surface area contributed by atoms with Crippen molar-refractivity contribution in [2.45, 2.75) is 13.8 Å². The lowest BCUT2D eigenvalue weighted by molar-refractivity contribution is 0.0601. The monoisotopic (exact) mass is 264 g/mol. The van der Waals surface area contributed by atoms with E-state index in [1.165, 1.54) is 7.11 Å². The summed E-state index contributed by atoms with van der Waals surface area (Å²) >= 11 is 6.09. The topological polar surface area (TPSA) is 44.1 Å². The Morgan fingerprint density at radius 1 is 1.28 bits per heavy atom. The first-order valence-electron chi connectivity index (χ1n) is 5.45. The van der Waals surface area contributed by atoms with Crippen LogP contribution in [0.1, 0.15) is 21.7 Å². The van der Waals surface area contributed by atoms with Gasteiger partial charge in [0.2, 0.25) is 0 Å². The second kappa shape index (κ2) is 4.82. The van der Waals surface area contributed by atoms with E-state index in [-0.39, 0.29) is 5.97 Å². The second-order valence-corrected chi connectivity index (χ2v) is 4.31. The number of ether oxygens (including phenoxy) is 1. The van der Waals surface area contributed by atoms with Crippen LogP contribution in [0.4, 0.5) is 0 Å². The summed E-state index contributed by atoms with van der Waals surface area (Å²) in [5.41, 5.74) is 3.02. The van der Waals surface area contributed by atoms with Gasteiger partial charge in [-0.3, -0.25) is 0 Å². The van der Waals surface area contributed by atoms with Gasteiger partial charge in [-0.1, -0.05) is 11.6 Å². The molecule has 1 aromatic heterocycles. The van der Waals surface area contributed by atoms with Crippen LogP contribution >= 0.6 is 11.6 Å². The van der Waals surface area contributed by atoms with Gasteiger partial charge in [-0.2, -0.15) is 5.10 Å². The van der Waals surface area contributed by atoms with Gasteiger partial charge >= 0.3 is 5.97 Å². The summed E-state index contributed by atoms with van der Waals surface area (Å²) in [4.78, 5) is 11.3. The Morgan fingerprint density at radius 3 is 2.33 bits per heavy atom. The zero-order chi connectivity index (χ0) is 13.3. The van der Waals surface area contributed by atoms with Crippen LogP contribution in [-0.2, 0) is 4.74 Å². The van der Waals surface area contributed by atoms with E-state index in [0.29, 0.717) is 10.6 Å². The molecule has 0 spiro atoms. The van der Waals surface area contributed by atoms with E-state index in [1.54, 1.807) is 16.8 Å². The van der Waals surface area contributed by atoms with E-state index in [4.69, 9.17) is 11.6 Å². The molecule has 0 atom stereocenters. The van der Waals surface area contributed by atoms with Crippen LogP contribution in [0.15, 0.2) is 24.3 Å². The van der Waals surface area contributed by atoms with E-state index in [1.807, 2.05) is 26.0 Å². The Hall–Kier alpha value is -1.81. The first-order valence-corrected chi connectivity index (χ1v) is 5.83. The first kappa shape index (κ1) is 12.6. The van der Waals surface area contributed by atoms with Crippen LogP contribution in [0.3, 0.4) is 0 Å². The number of methoxy groups -OCH3 is 1. The van der Waals surface area contributed by atoms with Crippen LogP contribution in [0.2, 0.25) is 5.02 Å². The maximum absolute atomic E-state index is 11.3. The average molecular weight is 265 g/mol. The van der Waals surface area contributed by atoms with Crippen LogP contribution in [0.25, 0.3) is 5.69 Å². The predicted molar refractivity (Wildman–Crippen MR) is 69.4 cm³/mol. The minimum absolute atomic E-state index is 0.354. The fourth-order valence-electron chi connectivity index (χ4n) is 1.73. The minimum atomic E-state index is -0.354. The summed E-state index contributed by atoms with van der Waals surface area (Å²) in [6.07, 6.45) is 0. The van der Waals surface area contributed by atoms with Gasteiger partial charge in [0, 0.05) is 0 Å². The molecule has 0 bridgehead atoms. The maximum Gasteiger partial charge on any atom is 0.337 e. The predicted octanol–water partition coefficient (Wildman–Crippen LogP) is 2.93. The summed E-state index contributed by atoms with van der Waals surface area (Å²) in [6.45, 7) is 3.76. The molecule has 0 aliphatic heterocycles. The zero-order valence-corrected chi connectivity index (χ0v) is 11.2. The molecule has 0 amide bonds. The third kappa shape index (κ3) is 2.11. The average Bonchev–Trinajstić information content (AvgIpc) is 2.66. The molecular formula is C13H13ClN2O2. The van der Waals surface area contributed by atoms with Crippen molar-refractivity contribution < 1.29 is 9.53 Å². The largest absolute Gasteiger partial charge is 0.465 e. The maximum atomic E-state index is 11.3. The van der Waals surface area contributed by atoms with Crippen LogP contribution in [0.5, 0.6) is 0 Å². The van der Waals surface area contributed by atoms with E-state index in [9.17, 15) is 4.79 Å². The third-order valence-electron chi connectivity index (χ3n) is 2.74. The van der Waals surface area contributed by atoms with Crippen LogP contribution in [-0.4, -0.2) is 22.9 Å². The van der Waals surface area contributed by atoms with Gasteiger partial charge in [0.15, 0.2) is 0 Å². The quantitative estimate of drug-likeness (QED) is 0.784. The van der Waals surface area contributed by atoms with E-state index >= 15 is 0 Å². The number of hydrogen-bond acceptors (Lipinski definition) is 3. The fourth-order valence-corrected chi connectivity index (χ4v) is 1.85. The van der Waals surface area contributed by atoms with Crippen molar-refractivity contribution in [1.82, 2.24) is 9.78 Å². The number of carbonyl (C=O) groups excluding carboxylic acids is 1. The van der Waals surface area contributed by atoms with Crippen molar-refractivity contribution in [3.63, 3.8) is 0 Å². The van der Waals surface area contributed by atoms with Crippen molar-refractivity contribution in [3.8, 4) is 5.69 Å². The SMILES string of the molecule is COC(=O)c1ccc(-n2nc(C)c(Cl)c2C)cc1. The number of benzene rings is 1. The molecule has 0 saturated heterocycles. The fraction of sp³-hybridized carbons (Fsp3) is 0.231. The molecule has 0 aliphatic rings. The zero-order valence-electron chi connectivity index (χ0n) is 10.4. The number of rotatable bonds is 2. The highest BCUT2D eigenvalue weighted by molar-refractivity contribution is 6.31. The first-order chi connectivity index (χ1) is 8.54. The van der Waals surface area contributed by atoms with Crippen molar-refractivity contribution in [2.75, 3.05) is 7.11 Å². The molecule has 2 aromatic rings. The molecule has 0 fully saturated rings. The van der Waals surface area contributed by atoms with E-state index in [2.05, 4.69) is 9.84 Å². The number of hydrogen-bond donors (Lipinski definition) is 0. The molecule has 0 saturated carbocycles. The molecule has 0 unspecified atom stereocenters. The highest BCUT2D eigenvalue weighted by Crippen LogP contribution is 2.22. The Labute approximate surface area is 110 Å². The number of aromatic nitrogens is 2. The molecular weight excluding hydrogens is 252 g/mol. The van der Waals surface area contributed by atoms with Crippen LogP contribution < -0.4 is 0 Å². The Balaban J connectivity index is 2.40. The lowest BCUT2D eigenvalue weighted by atomic mass is 10.2. The van der Waals surface area contributed by atoms with E-state index in [0.717, 1.165) is 17.1 Å². The molecule has 0 radical (unpaired) electrons. The Kier molecular flexibility index (Phi) is 3.39. The van der Waals surface area contributed by atoms with Gasteiger partial charge in [0.1, 0.15) is 0 Å². The summed E-state index contributed by atoms with van der Waals surface area (Å²) in [5.74, 6) is -0.354. The van der Waals surface area contributed by atoms with Crippen molar-refractivity contribution in [2.24, 2.45) is 0 Å². The van der Waals surface area contributed by atoms with Crippen LogP contribution in [0, 0.1) is 13.8 Å². The summed E-state index contributed by atoms with van der Waals surface area (Å²) < 4.78 is 6.40. The molecule has 94 valence electrons. The smallest absolute Gasteiger partial charge is 0.337 e. The molecule has 0 N–H and O–H groups in total. The highest BCUT2D eigenvalue weighted by atomic mass is 35.5. The van der Waals surface area contributed by atoms with Gasteiger partial charge in [-0.15, -0.1) is 0 Å². The van der Waals surface area contributed by atoms with Crippen molar-refractivity contribution in [1.29, 1.82) is 0 Å². The normalized spacial score (nSPS) is 10.4. The number of carbonyl (C=O) groups is 1. The Bertz CT molecular complexity index is 588. The van der Waals surface area contributed by atoms with Gasteiger partial charge < -0.3 is 4.74 Å². The lowest BCUT2D eigenvalue weighted by Crippen LogP contribution is -2.03. The van der Waals surface area contributed by atoms with Gasteiger partial charge in [-0.05, 0) is 38.1 Å². The minimum Gasteiger partial charge on any atom is -0.465 e. The lowest BCUT2D eigenvalue weighted by Gasteiger charge is -2.05. The van der Waals surface area contributed by atoms with Gasteiger partial charge in [-0.25, -0.2) is 9.48 Å². The summed E-state index contributed by atoms with van der Waals surface area (Å²) in [6, 6.07) is 7.01. The molecule has 18 heavy (non-hydrogen) atoms. The molecule has 4 nitrogen and oxygen atoms in total. The van der Waals surface area contributed by atoms with Crippen molar-refractivity contribution >= 4 is 17.6 Å². The molecule has 1 aromatic carbocycles. The summed E-state index contributed by atoms with van der Waals surface area (Å²) in [7, 11) is 1.36. The van der Waals surface area contributed by atoms with Gasteiger partial charge in [0.05, 0.1) is 34.8 Å². The molecule has 0 aliphatic carbocycles.